The van der Waals surface area contributed by atoms with Gasteiger partial charge in [-0.05, 0) is 44.0 Å². The van der Waals surface area contributed by atoms with Crippen molar-refractivity contribution in [1.29, 1.82) is 0 Å². The van der Waals surface area contributed by atoms with Crippen LogP contribution in [0.1, 0.15) is 22.5 Å². The van der Waals surface area contributed by atoms with Gasteiger partial charge in [0.2, 0.25) is 5.91 Å². The molecule has 0 unspecified atom stereocenters. The van der Waals surface area contributed by atoms with E-state index in [2.05, 4.69) is 25.9 Å². The third kappa shape index (κ3) is 5.61. The minimum atomic E-state index is -0.149. The highest BCUT2D eigenvalue weighted by molar-refractivity contribution is 5.77. The molecule has 0 aliphatic carbocycles. The molecule has 0 saturated heterocycles. The van der Waals surface area contributed by atoms with Crippen molar-refractivity contribution in [3.63, 3.8) is 0 Å². The summed E-state index contributed by atoms with van der Waals surface area (Å²) in [5, 5.41) is 18.8. The van der Waals surface area contributed by atoms with E-state index in [1.165, 1.54) is 0 Å². The largest absolute Gasteiger partial charge is 0.367 e. The number of carbonyl (C=O) groups excluding carboxylic acids is 1. The summed E-state index contributed by atoms with van der Waals surface area (Å²) in [5.74, 6) is 1.17. The molecule has 2 heterocycles. The molecule has 0 aliphatic heterocycles. The first-order valence-corrected chi connectivity index (χ1v) is 9.54. The van der Waals surface area contributed by atoms with Gasteiger partial charge >= 0.3 is 0 Å². The maximum absolute atomic E-state index is 11.8. The lowest BCUT2D eigenvalue weighted by molar-refractivity contribution is -0.126. The molecule has 1 amide bonds. The highest BCUT2D eigenvalue weighted by Gasteiger charge is 2.10. The zero-order valence-corrected chi connectivity index (χ0v) is 17.0. The molecule has 0 radical (unpaired) electrons. The van der Waals surface area contributed by atoms with Crippen molar-refractivity contribution in [3.8, 4) is 5.82 Å². The molecule has 29 heavy (non-hydrogen) atoms. The number of anilines is 1. The zero-order chi connectivity index (χ0) is 20.6. The molecule has 8 nitrogen and oxygen atoms in total. The maximum Gasteiger partial charge on any atom is 0.246 e. The molecule has 0 spiro atoms. The summed E-state index contributed by atoms with van der Waals surface area (Å²) in [6.45, 7) is 7.48. The third-order valence-electron chi connectivity index (χ3n) is 4.62. The molecule has 0 fully saturated rings. The Morgan fingerprint density at radius 3 is 2.48 bits per heavy atom. The van der Waals surface area contributed by atoms with Crippen LogP contribution in [0.5, 0.6) is 0 Å². The average Bonchev–Trinajstić information content (AvgIpc) is 3.00. The van der Waals surface area contributed by atoms with Crippen LogP contribution < -0.4 is 10.6 Å². The van der Waals surface area contributed by atoms with Gasteiger partial charge in [-0.15, -0.1) is 10.2 Å². The van der Waals surface area contributed by atoms with Crippen molar-refractivity contribution in [3.05, 3.63) is 65.0 Å². The Hall–Kier alpha value is -3.26. The number of ether oxygens (including phenoxy) is 1. The van der Waals surface area contributed by atoms with Gasteiger partial charge in [0.05, 0.1) is 12.3 Å². The monoisotopic (exact) mass is 394 g/mol. The summed E-state index contributed by atoms with van der Waals surface area (Å²) >= 11 is 0. The summed E-state index contributed by atoms with van der Waals surface area (Å²) in [6, 6.07) is 13.5. The predicted octanol–water partition coefficient (Wildman–Crippen LogP) is 2.33. The molecule has 0 atom stereocenters. The smallest absolute Gasteiger partial charge is 0.246 e. The van der Waals surface area contributed by atoms with Crippen LogP contribution in [0.3, 0.4) is 0 Å². The fourth-order valence-corrected chi connectivity index (χ4v) is 2.76. The number of carbonyl (C=O) groups is 1. The number of hydrogen-bond donors (Lipinski definition) is 2. The molecule has 3 rings (SSSR count). The third-order valence-corrected chi connectivity index (χ3v) is 4.62. The summed E-state index contributed by atoms with van der Waals surface area (Å²) in [5.41, 5.74) is 4.22. The second kappa shape index (κ2) is 9.79. The van der Waals surface area contributed by atoms with E-state index in [-0.39, 0.29) is 12.5 Å². The van der Waals surface area contributed by atoms with Crippen molar-refractivity contribution < 1.29 is 9.53 Å². The van der Waals surface area contributed by atoms with Crippen molar-refractivity contribution >= 4 is 11.7 Å². The van der Waals surface area contributed by atoms with E-state index in [9.17, 15) is 4.79 Å². The lowest BCUT2D eigenvalue weighted by Gasteiger charge is -2.08. The molecule has 8 heteroatoms. The molecule has 152 valence electrons. The Morgan fingerprint density at radius 2 is 1.83 bits per heavy atom. The highest BCUT2D eigenvalue weighted by Crippen LogP contribution is 2.15. The predicted molar refractivity (Wildman–Crippen MR) is 111 cm³/mol. The van der Waals surface area contributed by atoms with Gasteiger partial charge in [-0.25, -0.2) is 4.68 Å². The first-order valence-electron chi connectivity index (χ1n) is 9.54. The van der Waals surface area contributed by atoms with Crippen LogP contribution >= 0.6 is 0 Å². The van der Waals surface area contributed by atoms with E-state index in [1.807, 2.05) is 63.2 Å². The van der Waals surface area contributed by atoms with E-state index in [0.717, 1.165) is 22.5 Å². The Morgan fingerprint density at radius 1 is 1.03 bits per heavy atom. The van der Waals surface area contributed by atoms with Crippen LogP contribution in [0.4, 0.5) is 5.82 Å². The molecule has 0 saturated carbocycles. The van der Waals surface area contributed by atoms with Crippen molar-refractivity contribution in [1.82, 2.24) is 25.3 Å². The number of amides is 1. The first-order chi connectivity index (χ1) is 14.0. The summed E-state index contributed by atoms with van der Waals surface area (Å²) in [6.07, 6.45) is 0. The quantitative estimate of drug-likeness (QED) is 0.541. The van der Waals surface area contributed by atoms with Crippen LogP contribution in [0.25, 0.3) is 5.82 Å². The maximum atomic E-state index is 11.8. The first kappa shape index (κ1) is 20.5. The summed E-state index contributed by atoms with van der Waals surface area (Å²) in [7, 11) is 0. The second-order valence-electron chi connectivity index (χ2n) is 6.74. The molecule has 0 aliphatic rings. The topological polar surface area (TPSA) is 94.0 Å². The number of nitrogens with zero attached hydrogens (tertiary/aromatic N) is 4. The molecule has 1 aromatic carbocycles. The van der Waals surface area contributed by atoms with Gasteiger partial charge in [-0.3, -0.25) is 4.79 Å². The second-order valence-corrected chi connectivity index (χ2v) is 6.74. The van der Waals surface area contributed by atoms with Gasteiger partial charge in [0.15, 0.2) is 5.82 Å². The standard InChI is InChI=1S/C21H26N6O2/c1-15-16(2)26-27(17(15)3)20-10-9-19(24-25-20)22-11-12-23-21(28)14-29-13-18-7-5-4-6-8-18/h4-10H,11-14H2,1-3H3,(H,22,24)(H,23,28). The fourth-order valence-electron chi connectivity index (χ4n) is 2.76. The summed E-state index contributed by atoms with van der Waals surface area (Å²) < 4.78 is 7.20. The number of hydrogen-bond acceptors (Lipinski definition) is 6. The molecular formula is C21H26N6O2. The van der Waals surface area contributed by atoms with Gasteiger partial charge < -0.3 is 15.4 Å². The van der Waals surface area contributed by atoms with Gasteiger partial charge in [0.25, 0.3) is 0 Å². The van der Waals surface area contributed by atoms with E-state index >= 15 is 0 Å². The van der Waals surface area contributed by atoms with E-state index in [0.29, 0.717) is 31.3 Å². The van der Waals surface area contributed by atoms with Gasteiger partial charge in [-0.1, -0.05) is 30.3 Å². The highest BCUT2D eigenvalue weighted by atomic mass is 16.5. The van der Waals surface area contributed by atoms with Crippen LogP contribution in [-0.2, 0) is 16.1 Å². The Labute approximate surface area is 170 Å². The SMILES string of the molecule is Cc1nn(-c2ccc(NCCNC(=O)COCc3ccccc3)nn2)c(C)c1C. The van der Waals surface area contributed by atoms with Crippen LogP contribution in [0.15, 0.2) is 42.5 Å². The number of aromatic nitrogens is 4. The van der Waals surface area contributed by atoms with E-state index in [4.69, 9.17) is 4.74 Å². The van der Waals surface area contributed by atoms with Gasteiger partial charge in [0.1, 0.15) is 12.4 Å². The van der Waals surface area contributed by atoms with Gasteiger partial charge in [0, 0.05) is 18.8 Å². The lowest BCUT2D eigenvalue weighted by atomic mass is 10.2. The Balaban J connectivity index is 1.37. The van der Waals surface area contributed by atoms with Crippen molar-refractivity contribution in [2.45, 2.75) is 27.4 Å². The van der Waals surface area contributed by atoms with Crippen molar-refractivity contribution in [2.24, 2.45) is 0 Å². The van der Waals surface area contributed by atoms with Crippen molar-refractivity contribution in [2.75, 3.05) is 25.0 Å². The zero-order valence-electron chi connectivity index (χ0n) is 17.0. The minimum absolute atomic E-state index is 0.0332. The Kier molecular flexibility index (Phi) is 6.91. The minimum Gasteiger partial charge on any atom is -0.367 e. The molecular weight excluding hydrogens is 368 g/mol. The number of benzene rings is 1. The average molecular weight is 394 g/mol. The van der Waals surface area contributed by atoms with Gasteiger partial charge in [-0.2, -0.15) is 5.10 Å². The number of aryl methyl sites for hydroxylation is 1. The number of nitrogens with one attached hydrogen (secondary N) is 2. The van der Waals surface area contributed by atoms with Crippen LogP contribution in [0, 0.1) is 20.8 Å². The Bertz CT molecular complexity index is 938. The molecule has 2 N–H and O–H groups in total. The normalized spacial score (nSPS) is 10.7. The van der Waals surface area contributed by atoms with E-state index in [1.54, 1.807) is 4.68 Å². The van der Waals surface area contributed by atoms with Crippen LogP contribution in [-0.4, -0.2) is 45.6 Å². The lowest BCUT2D eigenvalue weighted by Crippen LogP contribution is -2.31. The molecule has 3 aromatic rings. The van der Waals surface area contributed by atoms with Crippen LogP contribution in [0.2, 0.25) is 0 Å². The van der Waals surface area contributed by atoms with E-state index < -0.39 is 0 Å². The molecule has 0 bridgehead atoms. The molecule has 2 aromatic heterocycles. The number of rotatable bonds is 9. The fraction of sp³-hybridized carbons (Fsp3) is 0.333. The summed E-state index contributed by atoms with van der Waals surface area (Å²) in [4.78, 5) is 11.8.